The Kier molecular flexibility index (Phi) is 4.26. The van der Waals surface area contributed by atoms with E-state index in [0.717, 1.165) is 6.42 Å². The molecule has 0 aromatic heterocycles. The van der Waals surface area contributed by atoms with E-state index >= 15 is 0 Å². The molecule has 0 saturated heterocycles. The normalized spacial score (nSPS) is 10.2. The summed E-state index contributed by atoms with van der Waals surface area (Å²) in [7, 11) is 0. The first-order chi connectivity index (χ1) is 4.12. The highest BCUT2D eigenvalue weighted by Crippen LogP contribution is 2.26. The molecule has 0 unspecified atom stereocenters. The Balaban J connectivity index is 3.67. The Morgan fingerprint density at radius 3 is 2.44 bits per heavy atom. The lowest BCUT2D eigenvalue weighted by molar-refractivity contribution is 0.688. The van der Waals surface area contributed by atoms with Gasteiger partial charge in [-0.2, -0.15) is 0 Å². The first-order valence-electron chi connectivity index (χ1n) is 2.94. The molecule has 0 aliphatic heterocycles. The van der Waals surface area contributed by atoms with Crippen molar-refractivity contribution in [3.63, 3.8) is 0 Å². The summed E-state index contributed by atoms with van der Waals surface area (Å²) in [5.74, 6) is 0. The third-order valence-corrected chi connectivity index (χ3v) is 2.53. The van der Waals surface area contributed by atoms with E-state index in [2.05, 4.69) is 43.9 Å². The zero-order chi connectivity index (χ0) is 7.33. The molecule has 0 aliphatic carbocycles. The minimum absolute atomic E-state index is 0.287. The molecule has 0 saturated carbocycles. The average molecular weight is 160 g/mol. The SMILES string of the molecule is CCC(C)(C)SC#CS. The molecular formula is C7H12S2. The molecule has 52 valence electrons. The molecule has 2 heteroatoms. The van der Waals surface area contributed by atoms with Crippen molar-refractivity contribution in [1.82, 2.24) is 0 Å². The van der Waals surface area contributed by atoms with E-state index < -0.39 is 0 Å². The van der Waals surface area contributed by atoms with Crippen LogP contribution < -0.4 is 0 Å². The van der Waals surface area contributed by atoms with Gasteiger partial charge < -0.3 is 0 Å². The standard InChI is InChI=1S/C7H12S2/c1-4-7(2,3)9-6-5-8/h8H,4H2,1-3H3. The number of thiol groups is 1. The van der Waals surface area contributed by atoms with Gasteiger partial charge in [-0.05, 0) is 30.8 Å². The van der Waals surface area contributed by atoms with Gasteiger partial charge in [0.2, 0.25) is 0 Å². The van der Waals surface area contributed by atoms with Crippen LogP contribution in [0.2, 0.25) is 0 Å². The highest BCUT2D eigenvalue weighted by atomic mass is 32.2. The van der Waals surface area contributed by atoms with Crippen LogP contribution in [0.15, 0.2) is 0 Å². The Labute approximate surface area is 67.2 Å². The molecule has 0 aromatic carbocycles. The molecule has 0 heterocycles. The van der Waals surface area contributed by atoms with Crippen LogP contribution in [0.3, 0.4) is 0 Å². The molecule has 0 atom stereocenters. The monoisotopic (exact) mass is 160 g/mol. The molecule has 0 spiro atoms. The number of hydrogen-bond donors (Lipinski definition) is 1. The third kappa shape index (κ3) is 4.74. The van der Waals surface area contributed by atoms with Crippen molar-refractivity contribution in [2.45, 2.75) is 31.9 Å². The van der Waals surface area contributed by atoms with E-state index in [1.165, 1.54) is 0 Å². The molecule has 0 fully saturated rings. The second-order valence-electron chi connectivity index (χ2n) is 2.43. The molecule has 0 nitrogen and oxygen atoms in total. The molecule has 0 aromatic rings. The van der Waals surface area contributed by atoms with E-state index in [9.17, 15) is 0 Å². The summed E-state index contributed by atoms with van der Waals surface area (Å²) in [5, 5.41) is 5.44. The Hall–Kier alpha value is 0.260. The molecule has 0 N–H and O–H groups in total. The van der Waals surface area contributed by atoms with Crippen LogP contribution in [0.25, 0.3) is 0 Å². The fourth-order valence-corrected chi connectivity index (χ4v) is 0.836. The second kappa shape index (κ2) is 4.14. The molecule has 0 rings (SSSR count). The maximum Gasteiger partial charge on any atom is 0.0224 e. The zero-order valence-corrected chi connectivity index (χ0v) is 7.77. The van der Waals surface area contributed by atoms with Crippen molar-refractivity contribution < 1.29 is 0 Å². The highest BCUT2D eigenvalue weighted by Gasteiger charge is 2.13. The van der Waals surface area contributed by atoms with E-state index in [4.69, 9.17) is 0 Å². The van der Waals surface area contributed by atoms with Crippen LogP contribution in [-0.2, 0) is 0 Å². The Bertz CT molecular complexity index is 128. The minimum atomic E-state index is 0.287. The van der Waals surface area contributed by atoms with Crippen LogP contribution in [-0.4, -0.2) is 4.75 Å². The minimum Gasteiger partial charge on any atom is -0.0913 e. The van der Waals surface area contributed by atoms with Crippen molar-refractivity contribution in [3.05, 3.63) is 0 Å². The summed E-state index contributed by atoms with van der Waals surface area (Å²) in [6, 6.07) is 0. The van der Waals surface area contributed by atoms with Gasteiger partial charge in [0.1, 0.15) is 0 Å². The van der Waals surface area contributed by atoms with Gasteiger partial charge in [0.05, 0.1) is 0 Å². The number of thioether (sulfide) groups is 1. The van der Waals surface area contributed by atoms with Crippen molar-refractivity contribution >= 4 is 24.4 Å². The summed E-state index contributed by atoms with van der Waals surface area (Å²) in [5.41, 5.74) is 0. The molecular weight excluding hydrogens is 148 g/mol. The summed E-state index contributed by atoms with van der Waals surface area (Å²) in [6.07, 6.45) is 1.14. The third-order valence-electron chi connectivity index (χ3n) is 1.22. The smallest absolute Gasteiger partial charge is 0.0224 e. The van der Waals surface area contributed by atoms with Crippen LogP contribution in [0, 0.1) is 10.5 Å². The van der Waals surface area contributed by atoms with Crippen LogP contribution in [0.5, 0.6) is 0 Å². The van der Waals surface area contributed by atoms with Crippen molar-refractivity contribution in [1.29, 1.82) is 0 Å². The first-order valence-corrected chi connectivity index (χ1v) is 4.21. The van der Waals surface area contributed by atoms with Gasteiger partial charge in [0.15, 0.2) is 0 Å². The van der Waals surface area contributed by atoms with Gasteiger partial charge in [0, 0.05) is 4.75 Å². The Morgan fingerprint density at radius 1 is 1.56 bits per heavy atom. The van der Waals surface area contributed by atoms with Gasteiger partial charge in [0.25, 0.3) is 0 Å². The first kappa shape index (κ1) is 9.26. The fourth-order valence-electron chi connectivity index (χ4n) is 0.233. The average Bonchev–Trinajstić information content (AvgIpc) is 1.84. The highest BCUT2D eigenvalue weighted by molar-refractivity contribution is 8.05. The predicted octanol–water partition coefficient (Wildman–Crippen LogP) is 2.76. The van der Waals surface area contributed by atoms with Crippen LogP contribution in [0.4, 0.5) is 0 Å². The lowest BCUT2D eigenvalue weighted by Gasteiger charge is -2.16. The van der Waals surface area contributed by atoms with Crippen molar-refractivity contribution in [2.24, 2.45) is 0 Å². The summed E-state index contributed by atoms with van der Waals surface area (Å²) < 4.78 is 0.287. The van der Waals surface area contributed by atoms with E-state index in [1.54, 1.807) is 11.8 Å². The lowest BCUT2D eigenvalue weighted by Crippen LogP contribution is -2.10. The van der Waals surface area contributed by atoms with Crippen molar-refractivity contribution in [2.75, 3.05) is 0 Å². The molecule has 0 amide bonds. The molecule has 0 radical (unpaired) electrons. The maximum atomic E-state index is 3.79. The van der Waals surface area contributed by atoms with Gasteiger partial charge in [-0.25, -0.2) is 0 Å². The Morgan fingerprint density at radius 2 is 2.11 bits per heavy atom. The lowest BCUT2D eigenvalue weighted by atomic mass is 10.1. The predicted molar refractivity (Wildman–Crippen MR) is 48.7 cm³/mol. The summed E-state index contributed by atoms with van der Waals surface area (Å²) in [4.78, 5) is 0. The number of hydrogen-bond acceptors (Lipinski definition) is 2. The quantitative estimate of drug-likeness (QED) is 0.479. The van der Waals surface area contributed by atoms with Gasteiger partial charge in [-0.15, -0.1) is 0 Å². The van der Waals surface area contributed by atoms with Crippen LogP contribution >= 0.6 is 24.4 Å². The maximum absolute atomic E-state index is 3.79. The van der Waals surface area contributed by atoms with Crippen LogP contribution in [0.1, 0.15) is 27.2 Å². The fraction of sp³-hybridized carbons (Fsp3) is 0.714. The van der Waals surface area contributed by atoms with Gasteiger partial charge in [-0.3, -0.25) is 0 Å². The van der Waals surface area contributed by atoms with E-state index in [0.29, 0.717) is 0 Å². The molecule has 0 aliphatic rings. The van der Waals surface area contributed by atoms with E-state index in [1.807, 2.05) is 0 Å². The molecule has 9 heavy (non-hydrogen) atoms. The second-order valence-corrected chi connectivity index (χ2v) is 4.17. The summed E-state index contributed by atoms with van der Waals surface area (Å²) in [6.45, 7) is 6.51. The summed E-state index contributed by atoms with van der Waals surface area (Å²) >= 11 is 5.43. The van der Waals surface area contributed by atoms with Gasteiger partial charge in [-0.1, -0.05) is 31.3 Å². The zero-order valence-electron chi connectivity index (χ0n) is 6.06. The molecule has 0 bridgehead atoms. The topological polar surface area (TPSA) is 0 Å². The van der Waals surface area contributed by atoms with Crippen molar-refractivity contribution in [3.8, 4) is 10.5 Å². The number of rotatable bonds is 2. The largest absolute Gasteiger partial charge is 0.0913 e. The van der Waals surface area contributed by atoms with E-state index in [-0.39, 0.29) is 4.75 Å². The van der Waals surface area contributed by atoms with Gasteiger partial charge >= 0.3 is 0 Å².